The quantitative estimate of drug-likeness (QED) is 0.804. The summed E-state index contributed by atoms with van der Waals surface area (Å²) < 4.78 is 27.7. The number of nitrogens with zero attached hydrogens (tertiary/aromatic N) is 3. The van der Waals surface area contributed by atoms with Crippen molar-refractivity contribution in [2.45, 2.75) is 6.42 Å². The van der Waals surface area contributed by atoms with Crippen molar-refractivity contribution in [3.63, 3.8) is 0 Å². The highest BCUT2D eigenvalue weighted by Crippen LogP contribution is 2.28. The predicted molar refractivity (Wildman–Crippen MR) is 79.8 cm³/mol. The molecule has 1 aliphatic heterocycles. The Morgan fingerprint density at radius 3 is 2.65 bits per heavy atom. The topological polar surface area (TPSA) is 140 Å². The highest BCUT2D eigenvalue weighted by atomic mass is 32.2. The number of benzene rings is 1. The van der Waals surface area contributed by atoms with Crippen molar-refractivity contribution in [3.05, 3.63) is 24.3 Å². The van der Waals surface area contributed by atoms with Crippen molar-refractivity contribution < 1.29 is 22.7 Å². The zero-order valence-corrected chi connectivity index (χ0v) is 12.7. The number of carbonyl (C=O) groups excluding carboxylic acids is 1. The molecule has 1 unspecified atom stereocenters. The lowest BCUT2D eigenvalue weighted by atomic mass is 10.1. The Labute approximate surface area is 131 Å². The number of nitrogens with two attached hydrogens (primary N) is 1. The molecule has 2 aromatic rings. The van der Waals surface area contributed by atoms with Gasteiger partial charge in [0.05, 0.1) is 5.75 Å². The van der Waals surface area contributed by atoms with Crippen LogP contribution in [0.25, 0.3) is 11.5 Å². The number of hydrogen-bond donors (Lipinski definition) is 2. The predicted octanol–water partition coefficient (Wildman–Crippen LogP) is 0.0836. The molecule has 0 radical (unpaired) electrons. The number of amides is 1. The largest absolute Gasteiger partial charge is 0.508 e. The van der Waals surface area contributed by atoms with Gasteiger partial charge >= 0.3 is 6.01 Å². The molecule has 3 N–H and O–H groups in total. The van der Waals surface area contributed by atoms with Gasteiger partial charge in [-0.25, -0.2) is 13.6 Å². The first-order valence-electron chi connectivity index (χ1n) is 6.75. The SMILES string of the molecule is NS(=O)(=O)CC1CC(=O)N(c2nnc(-c3ccc(O)cc3)o2)C1. The lowest BCUT2D eigenvalue weighted by molar-refractivity contribution is -0.117. The number of phenolic OH excluding ortho intramolecular Hbond substituents is 1. The summed E-state index contributed by atoms with van der Waals surface area (Å²) in [6, 6.07) is 6.16. The van der Waals surface area contributed by atoms with Crippen LogP contribution in [0, 0.1) is 5.92 Å². The van der Waals surface area contributed by atoms with Crippen LogP contribution in [0.3, 0.4) is 0 Å². The number of rotatable bonds is 4. The summed E-state index contributed by atoms with van der Waals surface area (Å²) in [6.07, 6.45) is 0.0628. The Hall–Kier alpha value is -2.46. The van der Waals surface area contributed by atoms with Gasteiger partial charge in [-0.1, -0.05) is 5.10 Å². The molecule has 122 valence electrons. The van der Waals surface area contributed by atoms with Gasteiger partial charge in [-0.15, -0.1) is 5.10 Å². The number of aromatic hydroxyl groups is 1. The summed E-state index contributed by atoms with van der Waals surface area (Å²) in [7, 11) is -3.65. The second-order valence-electron chi connectivity index (χ2n) is 5.34. The Bertz CT molecular complexity index is 830. The molecule has 1 saturated heterocycles. The third kappa shape index (κ3) is 3.48. The van der Waals surface area contributed by atoms with E-state index in [0.717, 1.165) is 0 Å². The lowest BCUT2D eigenvalue weighted by Gasteiger charge is -2.10. The van der Waals surface area contributed by atoms with Crippen molar-refractivity contribution >= 4 is 21.9 Å². The first kappa shape index (κ1) is 15.4. The summed E-state index contributed by atoms with van der Waals surface area (Å²) in [5.74, 6) is -0.661. The molecule has 0 bridgehead atoms. The first-order chi connectivity index (χ1) is 10.8. The summed E-state index contributed by atoms with van der Waals surface area (Å²) in [5.41, 5.74) is 0.592. The second-order valence-corrected chi connectivity index (χ2v) is 7.00. The number of sulfonamides is 1. The van der Waals surface area contributed by atoms with Crippen LogP contribution in [0.15, 0.2) is 28.7 Å². The number of primary sulfonamides is 1. The fourth-order valence-corrected chi connectivity index (χ4v) is 3.33. The standard InChI is InChI=1S/C13H14N4O5S/c14-23(20,21)7-8-5-11(19)17(6-8)13-16-15-12(22-13)9-1-3-10(18)4-2-9/h1-4,8,18H,5-7H2,(H2,14,20,21). The Kier molecular flexibility index (Phi) is 3.78. The highest BCUT2D eigenvalue weighted by molar-refractivity contribution is 7.89. The van der Waals surface area contributed by atoms with E-state index < -0.39 is 15.9 Å². The van der Waals surface area contributed by atoms with E-state index in [0.29, 0.717) is 5.56 Å². The van der Waals surface area contributed by atoms with Crippen LogP contribution in [0.2, 0.25) is 0 Å². The Morgan fingerprint density at radius 1 is 1.30 bits per heavy atom. The average Bonchev–Trinajstić information content (AvgIpc) is 3.04. The third-order valence-corrected chi connectivity index (χ3v) is 4.37. The van der Waals surface area contributed by atoms with E-state index in [1.807, 2.05) is 0 Å². The van der Waals surface area contributed by atoms with Crippen LogP contribution in [0.4, 0.5) is 6.01 Å². The van der Waals surface area contributed by atoms with Gasteiger partial charge in [0.1, 0.15) is 5.75 Å². The van der Waals surface area contributed by atoms with E-state index in [1.165, 1.54) is 17.0 Å². The molecular weight excluding hydrogens is 324 g/mol. The highest BCUT2D eigenvalue weighted by Gasteiger charge is 2.35. The minimum Gasteiger partial charge on any atom is -0.508 e. The minimum absolute atomic E-state index is 0.00925. The van der Waals surface area contributed by atoms with E-state index in [4.69, 9.17) is 9.56 Å². The molecule has 9 nitrogen and oxygen atoms in total. The van der Waals surface area contributed by atoms with E-state index >= 15 is 0 Å². The maximum Gasteiger partial charge on any atom is 0.325 e. The maximum absolute atomic E-state index is 12.0. The van der Waals surface area contributed by atoms with Crippen molar-refractivity contribution in [3.8, 4) is 17.2 Å². The zero-order chi connectivity index (χ0) is 16.6. The second kappa shape index (κ2) is 5.63. The molecular formula is C13H14N4O5S. The van der Waals surface area contributed by atoms with Crippen molar-refractivity contribution in [1.29, 1.82) is 0 Å². The zero-order valence-electron chi connectivity index (χ0n) is 11.9. The molecule has 2 heterocycles. The molecule has 1 fully saturated rings. The summed E-state index contributed by atoms with van der Waals surface area (Å²) in [6.45, 7) is 0.159. The van der Waals surface area contributed by atoms with Gasteiger partial charge in [-0.05, 0) is 24.3 Å². The van der Waals surface area contributed by atoms with Crippen LogP contribution in [0.5, 0.6) is 5.75 Å². The molecule has 0 spiro atoms. The fraction of sp³-hybridized carbons (Fsp3) is 0.308. The summed E-state index contributed by atoms with van der Waals surface area (Å²) in [4.78, 5) is 13.2. The normalized spacial score (nSPS) is 18.6. The molecule has 1 atom stereocenters. The Balaban J connectivity index is 1.78. The monoisotopic (exact) mass is 338 g/mol. The molecule has 1 amide bonds. The van der Waals surface area contributed by atoms with E-state index in [2.05, 4.69) is 10.2 Å². The third-order valence-electron chi connectivity index (χ3n) is 3.43. The van der Waals surface area contributed by atoms with Crippen molar-refractivity contribution in [2.75, 3.05) is 17.2 Å². The fourth-order valence-electron chi connectivity index (χ4n) is 2.45. The van der Waals surface area contributed by atoms with Gasteiger partial charge in [0.15, 0.2) is 0 Å². The number of hydrogen-bond acceptors (Lipinski definition) is 7. The Morgan fingerprint density at radius 2 is 2.00 bits per heavy atom. The van der Waals surface area contributed by atoms with Crippen LogP contribution >= 0.6 is 0 Å². The van der Waals surface area contributed by atoms with Crippen LogP contribution in [0.1, 0.15) is 6.42 Å². The number of phenols is 1. The average molecular weight is 338 g/mol. The molecule has 1 aromatic heterocycles. The molecule has 1 aliphatic rings. The minimum atomic E-state index is -3.65. The molecule has 10 heteroatoms. The molecule has 3 rings (SSSR count). The summed E-state index contributed by atoms with van der Waals surface area (Å²) in [5, 5.41) is 22.0. The number of aromatic nitrogens is 2. The summed E-state index contributed by atoms with van der Waals surface area (Å²) >= 11 is 0. The van der Waals surface area contributed by atoms with Gasteiger partial charge in [0, 0.05) is 24.4 Å². The molecule has 0 saturated carbocycles. The van der Waals surface area contributed by atoms with Crippen LogP contribution in [-0.2, 0) is 14.8 Å². The van der Waals surface area contributed by atoms with Gasteiger partial charge in [-0.2, -0.15) is 0 Å². The molecule has 0 aliphatic carbocycles. The molecule has 23 heavy (non-hydrogen) atoms. The van der Waals surface area contributed by atoms with Gasteiger partial charge < -0.3 is 9.52 Å². The lowest BCUT2D eigenvalue weighted by Crippen LogP contribution is -2.27. The van der Waals surface area contributed by atoms with Crippen LogP contribution < -0.4 is 10.0 Å². The van der Waals surface area contributed by atoms with E-state index in [1.54, 1.807) is 12.1 Å². The maximum atomic E-state index is 12.0. The van der Waals surface area contributed by atoms with Gasteiger partial charge in [0.2, 0.25) is 21.8 Å². The molecule has 1 aromatic carbocycles. The van der Waals surface area contributed by atoms with Gasteiger partial charge in [0.25, 0.3) is 0 Å². The number of carbonyl (C=O) groups is 1. The van der Waals surface area contributed by atoms with Crippen molar-refractivity contribution in [1.82, 2.24) is 10.2 Å². The van der Waals surface area contributed by atoms with E-state index in [9.17, 15) is 18.3 Å². The van der Waals surface area contributed by atoms with Crippen LogP contribution in [-0.4, -0.2) is 41.9 Å². The van der Waals surface area contributed by atoms with Gasteiger partial charge in [-0.3, -0.25) is 9.69 Å². The van der Waals surface area contributed by atoms with E-state index in [-0.39, 0.29) is 42.3 Å². The number of anilines is 1. The van der Waals surface area contributed by atoms with Crippen molar-refractivity contribution in [2.24, 2.45) is 11.1 Å². The smallest absolute Gasteiger partial charge is 0.325 e. The first-order valence-corrected chi connectivity index (χ1v) is 8.47.